The Bertz CT molecular complexity index is 756. The Morgan fingerprint density at radius 2 is 1.80 bits per heavy atom. The summed E-state index contributed by atoms with van der Waals surface area (Å²) >= 11 is 5.86. The monoisotopic (exact) mass is 307 g/mol. The van der Waals surface area contributed by atoms with Crippen LogP contribution in [0.2, 0.25) is 5.02 Å². The van der Waals surface area contributed by atoms with Gasteiger partial charge in [0.15, 0.2) is 0 Å². The van der Waals surface area contributed by atoms with Gasteiger partial charge >= 0.3 is 0 Å². The van der Waals surface area contributed by atoms with E-state index in [1.807, 2.05) is 6.07 Å². The molecule has 2 aromatic carbocycles. The number of nitrogens with one attached hydrogen (secondary N) is 1. The zero-order valence-corrected chi connectivity index (χ0v) is 12.3. The standard InChI is InChI=1S/C15H14ClNO2S/c16-13-5-2-6-14(10-13)17-20(18,19)15-8-7-11-3-1-4-12(11)9-15/h2,5-10,17H,1,3-4H2. The first-order chi connectivity index (χ1) is 9.54. The van der Waals surface area contributed by atoms with Gasteiger partial charge in [0, 0.05) is 5.02 Å². The highest BCUT2D eigenvalue weighted by atomic mass is 35.5. The quantitative estimate of drug-likeness (QED) is 0.941. The minimum absolute atomic E-state index is 0.304. The second-order valence-electron chi connectivity index (χ2n) is 4.90. The molecular weight excluding hydrogens is 294 g/mol. The zero-order chi connectivity index (χ0) is 14.2. The van der Waals surface area contributed by atoms with Crippen LogP contribution in [0.4, 0.5) is 5.69 Å². The third-order valence-electron chi connectivity index (χ3n) is 3.46. The van der Waals surface area contributed by atoms with Gasteiger partial charge < -0.3 is 0 Å². The average Bonchev–Trinajstić information content (AvgIpc) is 2.85. The van der Waals surface area contributed by atoms with Crippen molar-refractivity contribution in [1.29, 1.82) is 0 Å². The third kappa shape index (κ3) is 2.67. The van der Waals surface area contributed by atoms with Crippen molar-refractivity contribution in [3.8, 4) is 0 Å². The molecule has 1 aliphatic rings. The molecule has 0 aromatic heterocycles. The molecule has 0 atom stereocenters. The highest BCUT2D eigenvalue weighted by molar-refractivity contribution is 7.92. The summed E-state index contributed by atoms with van der Waals surface area (Å²) in [7, 11) is -3.56. The predicted molar refractivity (Wildman–Crippen MR) is 80.7 cm³/mol. The second kappa shape index (κ2) is 5.11. The fraction of sp³-hybridized carbons (Fsp3) is 0.200. The van der Waals surface area contributed by atoms with Crippen LogP contribution in [-0.4, -0.2) is 8.42 Å². The van der Waals surface area contributed by atoms with E-state index in [9.17, 15) is 8.42 Å². The van der Waals surface area contributed by atoms with Crippen molar-refractivity contribution in [2.75, 3.05) is 4.72 Å². The number of aryl methyl sites for hydroxylation is 2. The van der Waals surface area contributed by atoms with Gasteiger partial charge in [-0.05, 0) is 60.7 Å². The Morgan fingerprint density at radius 3 is 2.60 bits per heavy atom. The van der Waals surface area contributed by atoms with E-state index in [0.29, 0.717) is 15.6 Å². The Hall–Kier alpha value is -1.52. The van der Waals surface area contributed by atoms with E-state index in [4.69, 9.17) is 11.6 Å². The van der Waals surface area contributed by atoms with Crippen LogP contribution >= 0.6 is 11.6 Å². The Morgan fingerprint density at radius 1 is 1.00 bits per heavy atom. The topological polar surface area (TPSA) is 46.2 Å². The molecule has 0 bridgehead atoms. The van der Waals surface area contributed by atoms with E-state index >= 15 is 0 Å². The summed E-state index contributed by atoms with van der Waals surface area (Å²) in [6.07, 6.45) is 3.09. The molecule has 0 amide bonds. The summed E-state index contributed by atoms with van der Waals surface area (Å²) in [6.45, 7) is 0. The van der Waals surface area contributed by atoms with E-state index in [2.05, 4.69) is 4.72 Å². The third-order valence-corrected chi connectivity index (χ3v) is 5.07. The van der Waals surface area contributed by atoms with E-state index < -0.39 is 10.0 Å². The highest BCUT2D eigenvalue weighted by Crippen LogP contribution is 2.26. The Balaban J connectivity index is 1.92. The Labute approximate surface area is 123 Å². The molecule has 0 saturated heterocycles. The predicted octanol–water partition coefficient (Wildman–Crippen LogP) is 3.63. The van der Waals surface area contributed by atoms with Crippen molar-refractivity contribution in [2.24, 2.45) is 0 Å². The van der Waals surface area contributed by atoms with E-state index in [-0.39, 0.29) is 0 Å². The van der Waals surface area contributed by atoms with Gasteiger partial charge in [0.05, 0.1) is 10.6 Å². The number of fused-ring (bicyclic) bond motifs is 1. The van der Waals surface area contributed by atoms with Gasteiger partial charge in [0.2, 0.25) is 0 Å². The second-order valence-corrected chi connectivity index (χ2v) is 7.02. The van der Waals surface area contributed by atoms with Crippen molar-refractivity contribution in [1.82, 2.24) is 0 Å². The van der Waals surface area contributed by atoms with Crippen LogP contribution in [0.25, 0.3) is 0 Å². The van der Waals surface area contributed by atoms with Crippen molar-refractivity contribution in [3.63, 3.8) is 0 Å². The molecule has 1 N–H and O–H groups in total. The molecule has 104 valence electrons. The zero-order valence-electron chi connectivity index (χ0n) is 10.8. The molecule has 5 heteroatoms. The molecule has 0 spiro atoms. The Kier molecular flexibility index (Phi) is 3.44. The molecule has 2 aromatic rings. The van der Waals surface area contributed by atoms with Crippen LogP contribution in [0.5, 0.6) is 0 Å². The molecule has 20 heavy (non-hydrogen) atoms. The first kappa shape index (κ1) is 13.5. The lowest BCUT2D eigenvalue weighted by molar-refractivity contribution is 0.601. The van der Waals surface area contributed by atoms with E-state index in [1.54, 1.807) is 36.4 Å². The summed E-state index contributed by atoms with van der Waals surface area (Å²) in [5.41, 5.74) is 2.86. The summed E-state index contributed by atoms with van der Waals surface area (Å²) in [5.74, 6) is 0. The molecule has 0 saturated carbocycles. The molecule has 0 radical (unpaired) electrons. The minimum atomic E-state index is -3.56. The van der Waals surface area contributed by atoms with Gasteiger partial charge in [-0.1, -0.05) is 23.7 Å². The molecular formula is C15H14ClNO2S. The molecule has 3 nitrogen and oxygen atoms in total. The lowest BCUT2D eigenvalue weighted by atomic mass is 10.1. The smallest absolute Gasteiger partial charge is 0.261 e. The largest absolute Gasteiger partial charge is 0.280 e. The highest BCUT2D eigenvalue weighted by Gasteiger charge is 2.18. The van der Waals surface area contributed by atoms with Crippen molar-refractivity contribution in [3.05, 3.63) is 58.6 Å². The number of anilines is 1. The normalized spacial score (nSPS) is 14.1. The van der Waals surface area contributed by atoms with Crippen LogP contribution in [-0.2, 0) is 22.9 Å². The average molecular weight is 308 g/mol. The minimum Gasteiger partial charge on any atom is -0.280 e. The fourth-order valence-electron chi connectivity index (χ4n) is 2.48. The molecule has 0 heterocycles. The van der Waals surface area contributed by atoms with E-state index in [1.165, 1.54) is 5.56 Å². The van der Waals surface area contributed by atoms with Gasteiger partial charge in [-0.3, -0.25) is 4.72 Å². The summed E-state index contributed by atoms with van der Waals surface area (Å²) < 4.78 is 27.3. The number of rotatable bonds is 3. The van der Waals surface area contributed by atoms with Crippen LogP contribution < -0.4 is 4.72 Å². The van der Waals surface area contributed by atoms with Crippen molar-refractivity contribution in [2.45, 2.75) is 24.2 Å². The van der Waals surface area contributed by atoms with Crippen LogP contribution in [0.15, 0.2) is 47.4 Å². The molecule has 0 unspecified atom stereocenters. The molecule has 3 rings (SSSR count). The maximum absolute atomic E-state index is 12.4. The van der Waals surface area contributed by atoms with Gasteiger partial charge in [0.25, 0.3) is 10.0 Å². The van der Waals surface area contributed by atoms with Crippen LogP contribution in [0.3, 0.4) is 0 Å². The van der Waals surface area contributed by atoms with Crippen LogP contribution in [0, 0.1) is 0 Å². The lowest BCUT2D eigenvalue weighted by Crippen LogP contribution is -2.13. The number of hydrogen-bond donors (Lipinski definition) is 1. The van der Waals surface area contributed by atoms with Crippen molar-refractivity contribution >= 4 is 27.3 Å². The van der Waals surface area contributed by atoms with Crippen LogP contribution in [0.1, 0.15) is 17.5 Å². The number of hydrogen-bond acceptors (Lipinski definition) is 2. The van der Waals surface area contributed by atoms with Gasteiger partial charge in [-0.25, -0.2) is 8.42 Å². The maximum atomic E-state index is 12.4. The molecule has 0 aliphatic heterocycles. The van der Waals surface area contributed by atoms with Gasteiger partial charge in [-0.2, -0.15) is 0 Å². The molecule has 1 aliphatic carbocycles. The first-order valence-electron chi connectivity index (χ1n) is 6.45. The number of sulfonamides is 1. The SMILES string of the molecule is O=S(=O)(Nc1cccc(Cl)c1)c1ccc2c(c1)CCC2. The summed E-state index contributed by atoms with van der Waals surface area (Å²) in [6, 6.07) is 12.0. The van der Waals surface area contributed by atoms with Gasteiger partial charge in [-0.15, -0.1) is 0 Å². The number of benzene rings is 2. The van der Waals surface area contributed by atoms with Crippen molar-refractivity contribution < 1.29 is 8.42 Å². The van der Waals surface area contributed by atoms with E-state index in [0.717, 1.165) is 24.8 Å². The summed E-state index contributed by atoms with van der Waals surface area (Å²) in [4.78, 5) is 0.304. The number of halogens is 1. The van der Waals surface area contributed by atoms with Gasteiger partial charge in [0.1, 0.15) is 0 Å². The first-order valence-corrected chi connectivity index (χ1v) is 8.31. The summed E-state index contributed by atoms with van der Waals surface area (Å²) in [5, 5.41) is 0.499. The molecule has 0 fully saturated rings. The fourth-order valence-corrected chi connectivity index (χ4v) is 3.77. The maximum Gasteiger partial charge on any atom is 0.261 e. The lowest BCUT2D eigenvalue weighted by Gasteiger charge is -2.09.